The molecule has 0 aliphatic heterocycles. The van der Waals surface area contributed by atoms with Crippen LogP contribution in [0.15, 0.2) is 52.9 Å². The summed E-state index contributed by atoms with van der Waals surface area (Å²) in [6, 6.07) is 15.8. The molecule has 2 aromatic heterocycles. The van der Waals surface area contributed by atoms with Crippen LogP contribution in [0, 0.1) is 0 Å². The van der Waals surface area contributed by atoms with Crippen molar-refractivity contribution in [3.8, 4) is 11.5 Å². The summed E-state index contributed by atoms with van der Waals surface area (Å²) >= 11 is 7.66. The number of aromatic nitrogens is 3. The first-order valence-electron chi connectivity index (χ1n) is 8.36. The fourth-order valence-corrected chi connectivity index (χ4v) is 3.95. The monoisotopic (exact) mass is 385 g/mol. The number of hydrogen-bond donors (Lipinski definition) is 1. The number of hydrogen-bond acceptors (Lipinski definition) is 5. The topological polar surface area (TPSA) is 56.2 Å². The fraction of sp³-hybridized carbons (Fsp3) is 0.211. The molecular formula is C19H18ClN4OS+. The molecule has 2 heterocycles. The number of thiazole rings is 1. The van der Waals surface area contributed by atoms with Gasteiger partial charge in [0.25, 0.3) is 5.89 Å². The third kappa shape index (κ3) is 3.49. The molecule has 0 aliphatic rings. The van der Waals surface area contributed by atoms with E-state index in [-0.39, 0.29) is 6.04 Å². The van der Waals surface area contributed by atoms with Crippen LogP contribution in [0.5, 0.6) is 0 Å². The van der Waals surface area contributed by atoms with Crippen molar-refractivity contribution in [1.82, 2.24) is 15.2 Å². The largest absolute Gasteiger partial charge is 0.415 e. The van der Waals surface area contributed by atoms with E-state index in [1.807, 2.05) is 42.5 Å². The van der Waals surface area contributed by atoms with Gasteiger partial charge >= 0.3 is 0 Å². The number of rotatable bonds is 5. The SMILES string of the molecule is C[C@@H](c1nc2ccccc2s1)[NH+](C)Cc1nnc(-c2ccc(Cl)cc2)o1. The second kappa shape index (κ2) is 7.15. The van der Waals surface area contributed by atoms with Crippen LogP contribution in [0.25, 0.3) is 21.7 Å². The Morgan fingerprint density at radius 2 is 1.88 bits per heavy atom. The number of para-hydroxylation sites is 1. The Kier molecular flexibility index (Phi) is 4.72. The molecule has 2 aromatic carbocycles. The van der Waals surface area contributed by atoms with Gasteiger partial charge in [0, 0.05) is 10.6 Å². The molecule has 0 saturated heterocycles. The number of fused-ring (bicyclic) bond motifs is 1. The third-order valence-electron chi connectivity index (χ3n) is 4.41. The van der Waals surface area contributed by atoms with Gasteiger partial charge in [-0.1, -0.05) is 23.7 Å². The van der Waals surface area contributed by atoms with Crippen molar-refractivity contribution >= 4 is 33.2 Å². The van der Waals surface area contributed by atoms with Crippen molar-refractivity contribution in [1.29, 1.82) is 0 Å². The van der Waals surface area contributed by atoms with Gasteiger partial charge in [-0.2, -0.15) is 0 Å². The minimum atomic E-state index is 0.235. The number of benzene rings is 2. The maximum Gasteiger partial charge on any atom is 0.271 e. The van der Waals surface area contributed by atoms with Crippen LogP contribution in [0.4, 0.5) is 0 Å². The fourth-order valence-electron chi connectivity index (χ4n) is 2.71. The smallest absolute Gasteiger partial charge is 0.271 e. The average Bonchev–Trinajstić information content (AvgIpc) is 3.28. The number of quaternary nitrogens is 1. The van der Waals surface area contributed by atoms with Gasteiger partial charge in [0.05, 0.1) is 17.3 Å². The first-order chi connectivity index (χ1) is 12.6. The van der Waals surface area contributed by atoms with Crippen LogP contribution in [-0.4, -0.2) is 22.2 Å². The lowest BCUT2D eigenvalue weighted by Gasteiger charge is -2.17. The molecule has 0 fully saturated rings. The predicted octanol–water partition coefficient (Wildman–Crippen LogP) is 3.78. The summed E-state index contributed by atoms with van der Waals surface area (Å²) in [5, 5.41) is 10.1. The summed E-state index contributed by atoms with van der Waals surface area (Å²) in [6.07, 6.45) is 0. The molecule has 0 aliphatic carbocycles. The minimum absolute atomic E-state index is 0.235. The maximum absolute atomic E-state index is 5.92. The van der Waals surface area contributed by atoms with Gasteiger partial charge in [-0.15, -0.1) is 21.5 Å². The van der Waals surface area contributed by atoms with E-state index in [0.717, 1.165) is 16.1 Å². The Bertz CT molecular complexity index is 994. The molecular weight excluding hydrogens is 368 g/mol. The molecule has 2 atom stereocenters. The molecule has 0 radical (unpaired) electrons. The van der Waals surface area contributed by atoms with E-state index in [2.05, 4.69) is 30.2 Å². The van der Waals surface area contributed by atoms with Crippen molar-refractivity contribution in [3.05, 3.63) is 64.5 Å². The zero-order chi connectivity index (χ0) is 18.1. The van der Waals surface area contributed by atoms with Gasteiger partial charge < -0.3 is 9.32 Å². The second-order valence-corrected chi connectivity index (χ2v) is 7.77. The van der Waals surface area contributed by atoms with Crippen molar-refractivity contribution in [2.45, 2.75) is 19.5 Å². The molecule has 1 unspecified atom stereocenters. The normalized spacial score (nSPS) is 13.8. The standard InChI is InChI=1S/C19H17ClN4OS/c1-12(19-21-15-5-3-4-6-16(15)26-19)24(2)11-17-22-23-18(25-17)13-7-9-14(20)10-8-13/h3-10,12H,11H2,1-2H3/p+1/t12-/m0/s1. The third-order valence-corrected chi connectivity index (χ3v) is 5.88. The molecule has 0 amide bonds. The summed E-state index contributed by atoms with van der Waals surface area (Å²) in [5.41, 5.74) is 1.92. The van der Waals surface area contributed by atoms with Crippen molar-refractivity contribution in [2.24, 2.45) is 0 Å². The first kappa shape index (κ1) is 17.1. The van der Waals surface area contributed by atoms with Gasteiger partial charge in [0.15, 0.2) is 11.6 Å². The van der Waals surface area contributed by atoms with Crippen LogP contribution in [-0.2, 0) is 6.54 Å². The Labute approximate surface area is 160 Å². The van der Waals surface area contributed by atoms with Crippen LogP contribution < -0.4 is 4.90 Å². The quantitative estimate of drug-likeness (QED) is 0.568. The van der Waals surface area contributed by atoms with E-state index in [1.165, 1.54) is 9.60 Å². The van der Waals surface area contributed by atoms with E-state index in [1.54, 1.807) is 11.3 Å². The molecule has 0 spiro atoms. The Morgan fingerprint density at radius 3 is 2.65 bits per heavy atom. The van der Waals surface area contributed by atoms with E-state index in [9.17, 15) is 0 Å². The molecule has 132 valence electrons. The van der Waals surface area contributed by atoms with Crippen LogP contribution in [0.3, 0.4) is 0 Å². The van der Waals surface area contributed by atoms with E-state index >= 15 is 0 Å². The lowest BCUT2D eigenvalue weighted by molar-refractivity contribution is -0.925. The zero-order valence-corrected chi connectivity index (χ0v) is 16.0. The Hall–Kier alpha value is -2.28. The summed E-state index contributed by atoms with van der Waals surface area (Å²) < 4.78 is 7.03. The highest BCUT2D eigenvalue weighted by atomic mass is 35.5. The predicted molar refractivity (Wildman–Crippen MR) is 103 cm³/mol. The Balaban J connectivity index is 1.49. The van der Waals surface area contributed by atoms with Gasteiger partial charge in [0.1, 0.15) is 6.04 Å². The summed E-state index contributed by atoms with van der Waals surface area (Å²) in [7, 11) is 2.11. The second-order valence-electron chi connectivity index (χ2n) is 6.27. The summed E-state index contributed by atoms with van der Waals surface area (Å²) in [4.78, 5) is 6.00. The van der Waals surface area contributed by atoms with Crippen LogP contribution >= 0.6 is 22.9 Å². The number of nitrogens with one attached hydrogen (secondary N) is 1. The lowest BCUT2D eigenvalue weighted by atomic mass is 10.2. The molecule has 4 aromatic rings. The van der Waals surface area contributed by atoms with Crippen LogP contribution in [0.1, 0.15) is 23.9 Å². The molecule has 5 nitrogen and oxygen atoms in total. The highest BCUT2D eigenvalue weighted by Gasteiger charge is 2.22. The average molecular weight is 386 g/mol. The number of halogens is 1. The first-order valence-corrected chi connectivity index (χ1v) is 9.55. The maximum atomic E-state index is 5.92. The van der Waals surface area contributed by atoms with E-state index < -0.39 is 0 Å². The molecule has 7 heteroatoms. The minimum Gasteiger partial charge on any atom is -0.415 e. The lowest BCUT2D eigenvalue weighted by Crippen LogP contribution is -3.07. The van der Waals surface area contributed by atoms with Gasteiger partial charge in [0.2, 0.25) is 5.89 Å². The molecule has 0 bridgehead atoms. The van der Waals surface area contributed by atoms with Crippen molar-refractivity contribution < 1.29 is 9.32 Å². The molecule has 26 heavy (non-hydrogen) atoms. The number of nitrogens with zero attached hydrogens (tertiary/aromatic N) is 3. The van der Waals surface area contributed by atoms with Crippen molar-refractivity contribution in [3.63, 3.8) is 0 Å². The Morgan fingerprint density at radius 1 is 1.12 bits per heavy atom. The molecule has 1 N–H and O–H groups in total. The highest BCUT2D eigenvalue weighted by molar-refractivity contribution is 7.18. The highest BCUT2D eigenvalue weighted by Crippen LogP contribution is 2.25. The molecule has 4 rings (SSSR count). The van der Waals surface area contributed by atoms with Crippen molar-refractivity contribution in [2.75, 3.05) is 7.05 Å². The zero-order valence-electron chi connectivity index (χ0n) is 14.4. The van der Waals surface area contributed by atoms with Crippen LogP contribution in [0.2, 0.25) is 5.02 Å². The van der Waals surface area contributed by atoms with Gasteiger partial charge in [-0.05, 0) is 43.3 Å². The van der Waals surface area contributed by atoms with Gasteiger partial charge in [-0.25, -0.2) is 4.98 Å². The van der Waals surface area contributed by atoms with E-state index in [4.69, 9.17) is 21.0 Å². The molecule has 0 saturated carbocycles. The summed E-state index contributed by atoms with van der Waals surface area (Å²) in [5.74, 6) is 1.12. The van der Waals surface area contributed by atoms with Gasteiger partial charge in [-0.3, -0.25) is 0 Å². The van der Waals surface area contributed by atoms with E-state index in [0.29, 0.717) is 23.3 Å². The summed E-state index contributed by atoms with van der Waals surface area (Å²) in [6.45, 7) is 2.81.